The van der Waals surface area contributed by atoms with Gasteiger partial charge in [0, 0.05) is 25.6 Å². The highest BCUT2D eigenvalue weighted by Gasteiger charge is 2.13. The molecule has 0 atom stereocenters. The summed E-state index contributed by atoms with van der Waals surface area (Å²) in [5, 5.41) is 10.8. The van der Waals surface area contributed by atoms with Gasteiger partial charge in [0.05, 0.1) is 12.2 Å². The van der Waals surface area contributed by atoms with E-state index in [1.165, 1.54) is 5.56 Å². The zero-order chi connectivity index (χ0) is 17.2. The first-order valence-electron chi connectivity index (χ1n) is 8.70. The van der Waals surface area contributed by atoms with Gasteiger partial charge >= 0.3 is 0 Å². The van der Waals surface area contributed by atoms with Gasteiger partial charge in [-0.2, -0.15) is 0 Å². The van der Waals surface area contributed by atoms with Gasteiger partial charge in [-0.1, -0.05) is 49.3 Å². The molecule has 1 aromatic heterocycles. The zero-order valence-corrected chi connectivity index (χ0v) is 14.9. The zero-order valence-electron chi connectivity index (χ0n) is 14.9. The van der Waals surface area contributed by atoms with Gasteiger partial charge in [-0.15, -0.1) is 0 Å². The van der Waals surface area contributed by atoms with E-state index in [9.17, 15) is 0 Å². The Hall–Kier alpha value is -2.30. The molecule has 1 heterocycles. The van der Waals surface area contributed by atoms with Gasteiger partial charge in [0.25, 0.3) is 0 Å². The summed E-state index contributed by atoms with van der Waals surface area (Å²) in [4.78, 5) is 4.24. The fraction of sp³-hybridized carbons (Fsp3) is 0.474. The second kappa shape index (κ2) is 9.75. The number of aliphatic imine (C=N–C) groups is 1. The molecule has 0 bridgehead atoms. The molecule has 5 heteroatoms. The molecule has 0 fully saturated rings. The van der Waals surface area contributed by atoms with Crippen molar-refractivity contribution in [2.45, 2.75) is 45.6 Å². The Balaban J connectivity index is 1.77. The molecule has 1 aromatic carbocycles. The predicted molar refractivity (Wildman–Crippen MR) is 98.2 cm³/mol. The van der Waals surface area contributed by atoms with E-state index >= 15 is 0 Å². The maximum Gasteiger partial charge on any atom is 0.191 e. The van der Waals surface area contributed by atoms with Crippen LogP contribution < -0.4 is 10.6 Å². The van der Waals surface area contributed by atoms with Crippen molar-refractivity contribution in [3.8, 4) is 0 Å². The summed E-state index contributed by atoms with van der Waals surface area (Å²) in [6.45, 7) is 5.77. The van der Waals surface area contributed by atoms with E-state index in [2.05, 4.69) is 58.9 Å². The molecule has 0 aliphatic carbocycles. The van der Waals surface area contributed by atoms with Crippen molar-refractivity contribution in [3.63, 3.8) is 0 Å². The number of hydrogen-bond donors (Lipinski definition) is 2. The fourth-order valence-electron chi connectivity index (χ4n) is 2.67. The predicted octanol–water partition coefficient (Wildman–Crippen LogP) is 3.49. The van der Waals surface area contributed by atoms with E-state index in [1.54, 1.807) is 7.05 Å². The van der Waals surface area contributed by atoms with Gasteiger partial charge in [-0.3, -0.25) is 4.99 Å². The van der Waals surface area contributed by atoms with Crippen LogP contribution in [0.25, 0.3) is 0 Å². The molecular formula is C19H28N4O. The van der Waals surface area contributed by atoms with Gasteiger partial charge in [0.1, 0.15) is 0 Å². The minimum atomic E-state index is 0.478. The number of nitrogens with one attached hydrogen (secondary N) is 2. The third-order valence-electron chi connectivity index (χ3n) is 4.18. The third-order valence-corrected chi connectivity index (χ3v) is 4.18. The summed E-state index contributed by atoms with van der Waals surface area (Å²) in [5.41, 5.74) is 2.36. The second-order valence-corrected chi connectivity index (χ2v) is 5.82. The van der Waals surface area contributed by atoms with Gasteiger partial charge < -0.3 is 15.2 Å². The summed E-state index contributed by atoms with van der Waals surface area (Å²) in [7, 11) is 1.77. The number of benzene rings is 1. The molecule has 0 aliphatic rings. The monoisotopic (exact) mass is 328 g/mol. The van der Waals surface area contributed by atoms with Crippen LogP contribution in [0.15, 0.2) is 45.9 Å². The van der Waals surface area contributed by atoms with Crippen LogP contribution in [0.4, 0.5) is 0 Å². The average molecular weight is 328 g/mol. The van der Waals surface area contributed by atoms with Crippen molar-refractivity contribution in [2.75, 3.05) is 13.6 Å². The van der Waals surface area contributed by atoms with Crippen molar-refractivity contribution in [1.82, 2.24) is 15.8 Å². The number of guanidine groups is 1. The Bertz CT molecular complexity index is 617. The molecule has 2 N–H and O–H groups in total. The molecule has 0 radical (unpaired) electrons. The van der Waals surface area contributed by atoms with Crippen molar-refractivity contribution in [3.05, 3.63) is 53.4 Å². The number of hydrogen-bond acceptors (Lipinski definition) is 3. The molecule has 2 aromatic rings. The van der Waals surface area contributed by atoms with Crippen LogP contribution in [0, 0.1) is 0 Å². The highest BCUT2D eigenvalue weighted by atomic mass is 16.5. The number of rotatable bonds is 8. The SMILES string of the molecule is CCC(CC)c1cc(CNC(=NC)NCCc2ccccc2)on1. The standard InChI is InChI=1S/C19H28N4O/c1-4-16(5-2)18-13-17(24-23-18)14-22-19(20-3)21-12-11-15-9-7-6-8-10-15/h6-10,13,16H,4-5,11-12,14H2,1-3H3,(H2,20,21,22). The largest absolute Gasteiger partial charge is 0.359 e. The van der Waals surface area contributed by atoms with Crippen LogP contribution in [-0.2, 0) is 13.0 Å². The highest BCUT2D eigenvalue weighted by Crippen LogP contribution is 2.22. The Labute approximate surface area is 144 Å². The quantitative estimate of drug-likeness (QED) is 0.575. The lowest BCUT2D eigenvalue weighted by molar-refractivity contribution is 0.368. The lowest BCUT2D eigenvalue weighted by Gasteiger charge is -2.10. The van der Waals surface area contributed by atoms with Crippen LogP contribution in [0.2, 0.25) is 0 Å². The maximum atomic E-state index is 5.42. The van der Waals surface area contributed by atoms with E-state index in [0.29, 0.717) is 12.5 Å². The second-order valence-electron chi connectivity index (χ2n) is 5.82. The summed E-state index contributed by atoms with van der Waals surface area (Å²) >= 11 is 0. The topological polar surface area (TPSA) is 62.5 Å². The van der Waals surface area contributed by atoms with Gasteiger partial charge in [0.15, 0.2) is 11.7 Å². The summed E-state index contributed by atoms with van der Waals surface area (Å²) in [6.07, 6.45) is 3.12. The van der Waals surface area contributed by atoms with Crippen molar-refractivity contribution in [1.29, 1.82) is 0 Å². The maximum absolute atomic E-state index is 5.42. The van der Waals surface area contributed by atoms with Crippen LogP contribution in [-0.4, -0.2) is 24.7 Å². The minimum absolute atomic E-state index is 0.478. The first-order chi connectivity index (χ1) is 11.8. The number of nitrogens with zero attached hydrogens (tertiary/aromatic N) is 2. The van der Waals surface area contributed by atoms with E-state index in [0.717, 1.165) is 43.2 Å². The third kappa shape index (κ3) is 5.41. The average Bonchev–Trinajstić information content (AvgIpc) is 3.08. The number of aromatic nitrogens is 1. The van der Waals surface area contributed by atoms with Crippen LogP contribution in [0.5, 0.6) is 0 Å². The van der Waals surface area contributed by atoms with Crippen LogP contribution in [0.1, 0.15) is 49.6 Å². The van der Waals surface area contributed by atoms with Crippen molar-refractivity contribution >= 4 is 5.96 Å². The van der Waals surface area contributed by atoms with E-state index in [-0.39, 0.29) is 0 Å². The molecule has 0 saturated heterocycles. The Kier molecular flexibility index (Phi) is 7.33. The van der Waals surface area contributed by atoms with Crippen LogP contribution >= 0.6 is 0 Å². The molecule has 0 unspecified atom stereocenters. The fourth-order valence-corrected chi connectivity index (χ4v) is 2.67. The smallest absolute Gasteiger partial charge is 0.191 e. The minimum Gasteiger partial charge on any atom is -0.359 e. The van der Waals surface area contributed by atoms with E-state index in [1.807, 2.05) is 12.1 Å². The van der Waals surface area contributed by atoms with E-state index < -0.39 is 0 Å². The van der Waals surface area contributed by atoms with Crippen LogP contribution in [0.3, 0.4) is 0 Å². The van der Waals surface area contributed by atoms with E-state index in [4.69, 9.17) is 4.52 Å². The first kappa shape index (κ1) is 18.0. The van der Waals surface area contributed by atoms with Gasteiger partial charge in [-0.25, -0.2) is 0 Å². The first-order valence-corrected chi connectivity index (χ1v) is 8.70. The molecule has 24 heavy (non-hydrogen) atoms. The molecule has 0 spiro atoms. The molecular weight excluding hydrogens is 300 g/mol. The van der Waals surface area contributed by atoms with Gasteiger partial charge in [-0.05, 0) is 24.8 Å². The van der Waals surface area contributed by atoms with Crippen molar-refractivity contribution < 1.29 is 4.52 Å². The lowest BCUT2D eigenvalue weighted by Crippen LogP contribution is -2.37. The molecule has 0 amide bonds. The summed E-state index contributed by atoms with van der Waals surface area (Å²) in [5.74, 6) is 2.08. The molecule has 130 valence electrons. The Morgan fingerprint density at radius 2 is 1.92 bits per heavy atom. The molecule has 0 aliphatic heterocycles. The molecule has 2 rings (SSSR count). The summed E-state index contributed by atoms with van der Waals surface area (Å²) < 4.78 is 5.42. The molecule has 5 nitrogen and oxygen atoms in total. The normalized spacial score (nSPS) is 11.8. The van der Waals surface area contributed by atoms with Gasteiger partial charge in [0.2, 0.25) is 0 Å². The lowest BCUT2D eigenvalue weighted by atomic mass is 9.99. The Morgan fingerprint density at radius 3 is 2.58 bits per heavy atom. The van der Waals surface area contributed by atoms with Crippen molar-refractivity contribution in [2.24, 2.45) is 4.99 Å². The molecule has 0 saturated carbocycles. The Morgan fingerprint density at radius 1 is 1.17 bits per heavy atom. The summed E-state index contributed by atoms with van der Waals surface area (Å²) in [6, 6.07) is 12.5. The highest BCUT2D eigenvalue weighted by molar-refractivity contribution is 5.79.